The quantitative estimate of drug-likeness (QED) is 0.830. The van der Waals surface area contributed by atoms with Crippen molar-refractivity contribution >= 4 is 39.9 Å². The lowest BCUT2D eigenvalue weighted by Gasteiger charge is -2.30. The van der Waals surface area contributed by atoms with Crippen LogP contribution in [0.1, 0.15) is 19.8 Å². The van der Waals surface area contributed by atoms with Crippen LogP contribution in [0.5, 0.6) is 5.75 Å². The summed E-state index contributed by atoms with van der Waals surface area (Å²) in [6, 6.07) is 5.43. The Hall–Kier alpha value is -2.94. The zero-order valence-corrected chi connectivity index (χ0v) is 15.0. The molecule has 1 aliphatic rings. The second-order valence-corrected chi connectivity index (χ2v) is 6.68. The smallest absolute Gasteiger partial charge is 0.303 e. The maximum Gasteiger partial charge on any atom is 0.303 e. The molecule has 3 rings (SSSR count). The Labute approximate surface area is 153 Å². The van der Waals surface area contributed by atoms with Crippen LogP contribution in [0.2, 0.25) is 0 Å². The highest BCUT2D eigenvalue weighted by molar-refractivity contribution is 7.14. The molecule has 8 nitrogen and oxygen atoms in total. The zero-order valence-electron chi connectivity index (χ0n) is 14.2. The fourth-order valence-corrected chi connectivity index (χ4v) is 3.27. The lowest BCUT2D eigenvalue weighted by Crippen LogP contribution is -2.41. The summed E-state index contributed by atoms with van der Waals surface area (Å²) in [6.45, 7) is 1.70. The minimum atomic E-state index is -1.02. The first kappa shape index (κ1) is 17.9. The third-order valence-electron chi connectivity index (χ3n) is 3.91. The van der Waals surface area contributed by atoms with Gasteiger partial charge in [0.25, 0.3) is 5.91 Å². The van der Waals surface area contributed by atoms with Crippen molar-refractivity contribution < 1.29 is 24.2 Å². The number of amides is 2. The Kier molecular flexibility index (Phi) is 4.90. The maximum absolute atomic E-state index is 12.1. The molecule has 0 bridgehead atoms. The van der Waals surface area contributed by atoms with E-state index in [0.717, 1.165) is 5.56 Å². The van der Waals surface area contributed by atoms with Crippen molar-refractivity contribution in [2.75, 3.05) is 17.3 Å². The SMILES string of the molecule is CC1Oc2ccc(-c3csc(NC(=O)CCC(=O)O)n3)cc2N(C)C1=O. The summed E-state index contributed by atoms with van der Waals surface area (Å²) in [4.78, 5) is 40.2. The van der Waals surface area contributed by atoms with Gasteiger partial charge >= 0.3 is 5.97 Å². The summed E-state index contributed by atoms with van der Waals surface area (Å²) in [6.07, 6.45) is -0.857. The highest BCUT2D eigenvalue weighted by Gasteiger charge is 2.29. The molecule has 1 aromatic heterocycles. The first-order chi connectivity index (χ1) is 12.3. The topological polar surface area (TPSA) is 109 Å². The average molecular weight is 375 g/mol. The number of carboxylic acid groups (broad SMARTS) is 1. The highest BCUT2D eigenvalue weighted by Crippen LogP contribution is 2.37. The second-order valence-electron chi connectivity index (χ2n) is 5.82. The van der Waals surface area contributed by atoms with Gasteiger partial charge in [0.1, 0.15) is 5.75 Å². The summed E-state index contributed by atoms with van der Waals surface area (Å²) in [5, 5.41) is 13.4. The number of anilines is 2. The summed E-state index contributed by atoms with van der Waals surface area (Å²) in [5.41, 5.74) is 2.08. The predicted octanol–water partition coefficient (Wildman–Crippen LogP) is 2.36. The van der Waals surface area contributed by atoms with Crippen LogP contribution >= 0.6 is 11.3 Å². The largest absolute Gasteiger partial charge is 0.481 e. The van der Waals surface area contributed by atoms with Crippen molar-refractivity contribution in [1.82, 2.24) is 4.98 Å². The Morgan fingerprint density at radius 2 is 2.15 bits per heavy atom. The molecule has 0 fully saturated rings. The molecule has 2 heterocycles. The van der Waals surface area contributed by atoms with Crippen molar-refractivity contribution in [1.29, 1.82) is 0 Å². The molecule has 2 N–H and O–H groups in total. The van der Waals surface area contributed by atoms with Crippen molar-refractivity contribution in [2.45, 2.75) is 25.9 Å². The fourth-order valence-electron chi connectivity index (χ4n) is 2.54. The number of hydrogen-bond donors (Lipinski definition) is 2. The van der Waals surface area contributed by atoms with Crippen molar-refractivity contribution in [3.63, 3.8) is 0 Å². The van der Waals surface area contributed by atoms with Crippen LogP contribution in [0.3, 0.4) is 0 Å². The molecule has 0 spiro atoms. The standard InChI is InChI=1S/C17H17N3O5S/c1-9-16(24)20(2)12-7-10(3-4-13(12)25-9)11-8-26-17(18-11)19-14(21)5-6-15(22)23/h3-4,7-9H,5-6H2,1-2H3,(H,22,23)(H,18,19,21). The molecular weight excluding hydrogens is 358 g/mol. The lowest BCUT2D eigenvalue weighted by atomic mass is 10.1. The number of fused-ring (bicyclic) bond motifs is 1. The number of aromatic nitrogens is 1. The number of carboxylic acids is 1. The molecule has 0 radical (unpaired) electrons. The molecule has 1 aliphatic heterocycles. The third kappa shape index (κ3) is 3.67. The monoisotopic (exact) mass is 375 g/mol. The van der Waals surface area contributed by atoms with E-state index in [4.69, 9.17) is 9.84 Å². The molecule has 136 valence electrons. The Balaban J connectivity index is 1.77. The normalized spacial score (nSPS) is 16.0. The van der Waals surface area contributed by atoms with Gasteiger partial charge in [-0.15, -0.1) is 11.3 Å². The Morgan fingerprint density at radius 3 is 2.88 bits per heavy atom. The van der Waals surface area contributed by atoms with E-state index >= 15 is 0 Å². The van der Waals surface area contributed by atoms with Crippen LogP contribution < -0.4 is 15.0 Å². The number of nitrogens with zero attached hydrogens (tertiary/aromatic N) is 2. The molecular formula is C17H17N3O5S. The highest BCUT2D eigenvalue weighted by atomic mass is 32.1. The van der Waals surface area contributed by atoms with E-state index in [-0.39, 0.29) is 18.7 Å². The van der Waals surface area contributed by atoms with E-state index in [0.29, 0.717) is 22.3 Å². The summed E-state index contributed by atoms with van der Waals surface area (Å²) in [5.74, 6) is -0.921. The molecule has 26 heavy (non-hydrogen) atoms. The fraction of sp³-hybridized carbons (Fsp3) is 0.294. The van der Waals surface area contributed by atoms with E-state index in [1.807, 2.05) is 12.1 Å². The third-order valence-corrected chi connectivity index (χ3v) is 4.67. The molecule has 2 amide bonds. The Morgan fingerprint density at radius 1 is 1.38 bits per heavy atom. The lowest BCUT2D eigenvalue weighted by molar-refractivity contribution is -0.138. The van der Waals surface area contributed by atoms with Gasteiger partial charge in [-0.2, -0.15) is 0 Å². The second kappa shape index (κ2) is 7.12. The van der Waals surface area contributed by atoms with Crippen LogP contribution in [-0.4, -0.2) is 41.0 Å². The molecule has 0 saturated carbocycles. The molecule has 1 aromatic carbocycles. The number of aliphatic carboxylic acids is 1. The number of ether oxygens (including phenoxy) is 1. The number of carbonyl (C=O) groups is 3. The van der Waals surface area contributed by atoms with E-state index in [2.05, 4.69) is 10.3 Å². The first-order valence-corrected chi connectivity index (χ1v) is 8.79. The minimum absolute atomic E-state index is 0.106. The molecule has 2 aromatic rings. The predicted molar refractivity (Wildman–Crippen MR) is 96.5 cm³/mol. The van der Waals surface area contributed by atoms with Crippen LogP contribution in [0, 0.1) is 0 Å². The van der Waals surface area contributed by atoms with Gasteiger partial charge in [0, 0.05) is 24.4 Å². The van der Waals surface area contributed by atoms with Gasteiger partial charge in [0.15, 0.2) is 11.2 Å². The molecule has 0 saturated heterocycles. The van der Waals surface area contributed by atoms with Crippen molar-refractivity contribution in [2.24, 2.45) is 0 Å². The molecule has 9 heteroatoms. The number of nitrogens with one attached hydrogen (secondary N) is 1. The van der Waals surface area contributed by atoms with Crippen LogP contribution in [0.25, 0.3) is 11.3 Å². The number of rotatable bonds is 5. The van der Waals surface area contributed by atoms with E-state index in [1.165, 1.54) is 11.3 Å². The molecule has 0 aliphatic carbocycles. The van der Waals surface area contributed by atoms with Gasteiger partial charge < -0.3 is 20.1 Å². The van der Waals surface area contributed by atoms with Crippen LogP contribution in [0.15, 0.2) is 23.6 Å². The Bertz CT molecular complexity index is 879. The number of benzene rings is 1. The van der Waals surface area contributed by atoms with Crippen molar-refractivity contribution in [3.05, 3.63) is 23.6 Å². The van der Waals surface area contributed by atoms with Crippen LogP contribution in [0.4, 0.5) is 10.8 Å². The molecule has 1 unspecified atom stereocenters. The minimum Gasteiger partial charge on any atom is -0.481 e. The van der Waals surface area contributed by atoms with Gasteiger partial charge in [-0.1, -0.05) is 0 Å². The van der Waals surface area contributed by atoms with E-state index < -0.39 is 18.0 Å². The van der Waals surface area contributed by atoms with Crippen molar-refractivity contribution in [3.8, 4) is 17.0 Å². The number of likely N-dealkylation sites (N-methyl/N-ethyl adjacent to an activating group) is 1. The zero-order chi connectivity index (χ0) is 18.8. The average Bonchev–Trinajstić information content (AvgIpc) is 3.06. The summed E-state index contributed by atoms with van der Waals surface area (Å²) < 4.78 is 5.60. The van der Waals surface area contributed by atoms with Gasteiger partial charge in [-0.05, 0) is 25.1 Å². The number of thiazole rings is 1. The maximum atomic E-state index is 12.1. The van der Waals surface area contributed by atoms with Gasteiger partial charge in [0.2, 0.25) is 5.91 Å². The number of carbonyl (C=O) groups excluding carboxylic acids is 2. The van der Waals surface area contributed by atoms with E-state index in [1.54, 1.807) is 30.3 Å². The summed E-state index contributed by atoms with van der Waals surface area (Å²) >= 11 is 1.24. The van der Waals surface area contributed by atoms with Crippen LogP contribution in [-0.2, 0) is 14.4 Å². The van der Waals surface area contributed by atoms with Gasteiger partial charge in [-0.25, -0.2) is 4.98 Å². The first-order valence-electron chi connectivity index (χ1n) is 7.91. The molecule has 1 atom stereocenters. The van der Waals surface area contributed by atoms with Gasteiger partial charge in [0.05, 0.1) is 17.8 Å². The summed E-state index contributed by atoms with van der Waals surface area (Å²) in [7, 11) is 1.69. The van der Waals surface area contributed by atoms with E-state index in [9.17, 15) is 14.4 Å². The van der Waals surface area contributed by atoms with Gasteiger partial charge in [-0.3, -0.25) is 14.4 Å². The number of hydrogen-bond acceptors (Lipinski definition) is 6.